The number of amides is 2. The molecule has 0 saturated carbocycles. The first-order valence-corrected chi connectivity index (χ1v) is 9.45. The number of carbonyl (C=O) groups is 3. The summed E-state index contributed by atoms with van der Waals surface area (Å²) in [5.41, 5.74) is 1.78. The Morgan fingerprint density at radius 2 is 1.57 bits per heavy atom. The molecule has 0 unspecified atom stereocenters. The van der Waals surface area contributed by atoms with E-state index in [4.69, 9.17) is 4.84 Å². The molecule has 0 spiro atoms. The van der Waals surface area contributed by atoms with Crippen molar-refractivity contribution in [3.05, 3.63) is 95.2 Å². The molecule has 7 heteroatoms. The van der Waals surface area contributed by atoms with Crippen molar-refractivity contribution in [3.63, 3.8) is 0 Å². The van der Waals surface area contributed by atoms with Crippen LogP contribution in [0.2, 0.25) is 0 Å². The molecule has 2 aromatic carbocycles. The van der Waals surface area contributed by atoms with E-state index in [2.05, 4.69) is 4.98 Å². The van der Waals surface area contributed by atoms with Crippen molar-refractivity contribution in [2.45, 2.75) is 10.8 Å². The van der Waals surface area contributed by atoms with Gasteiger partial charge in [-0.2, -0.15) is 0 Å². The van der Waals surface area contributed by atoms with Crippen LogP contribution in [-0.4, -0.2) is 27.8 Å². The van der Waals surface area contributed by atoms with Crippen molar-refractivity contribution in [2.24, 2.45) is 0 Å². The molecule has 28 heavy (non-hydrogen) atoms. The van der Waals surface area contributed by atoms with Crippen LogP contribution in [0.4, 0.5) is 0 Å². The van der Waals surface area contributed by atoms with Crippen molar-refractivity contribution in [1.82, 2.24) is 10.0 Å². The van der Waals surface area contributed by atoms with Crippen LogP contribution in [0.1, 0.15) is 36.6 Å². The summed E-state index contributed by atoms with van der Waals surface area (Å²) in [6.45, 7) is 0. The molecule has 0 atom stereocenters. The van der Waals surface area contributed by atoms with Crippen LogP contribution in [-0.2, 0) is 10.6 Å². The first-order valence-electron chi connectivity index (χ1n) is 8.46. The molecular formula is C21H14N2O4S. The summed E-state index contributed by atoms with van der Waals surface area (Å²) >= 11 is 1.47. The zero-order valence-corrected chi connectivity index (χ0v) is 15.4. The highest BCUT2D eigenvalue weighted by Gasteiger charge is 2.38. The molecule has 0 bridgehead atoms. The lowest BCUT2D eigenvalue weighted by atomic mass is 10.1. The highest BCUT2D eigenvalue weighted by atomic mass is 32.2. The molecule has 138 valence electrons. The van der Waals surface area contributed by atoms with E-state index in [-0.39, 0.29) is 16.7 Å². The largest absolute Gasteiger partial charge is 0.364 e. The molecule has 0 fully saturated rings. The van der Waals surface area contributed by atoms with Crippen LogP contribution in [0.5, 0.6) is 0 Å². The van der Waals surface area contributed by atoms with E-state index in [9.17, 15) is 14.4 Å². The summed E-state index contributed by atoms with van der Waals surface area (Å²) in [4.78, 5) is 46.4. The number of nitrogens with zero attached hydrogens (tertiary/aromatic N) is 2. The van der Waals surface area contributed by atoms with E-state index in [0.717, 1.165) is 5.56 Å². The van der Waals surface area contributed by atoms with E-state index >= 15 is 0 Å². The highest BCUT2D eigenvalue weighted by molar-refractivity contribution is 7.98. The SMILES string of the molecule is O=C(ON1C(=O)c2ccccc2C1=O)c1ccnc(SCc2ccccc2)c1. The average Bonchev–Trinajstić information content (AvgIpc) is 2.98. The Morgan fingerprint density at radius 1 is 0.929 bits per heavy atom. The van der Waals surface area contributed by atoms with Gasteiger partial charge in [0.05, 0.1) is 21.7 Å². The summed E-state index contributed by atoms with van der Waals surface area (Å²) in [6, 6.07) is 19.3. The number of pyridine rings is 1. The van der Waals surface area contributed by atoms with Crippen LogP contribution in [0.25, 0.3) is 0 Å². The fraction of sp³-hybridized carbons (Fsp3) is 0.0476. The van der Waals surface area contributed by atoms with Crippen LogP contribution >= 0.6 is 11.8 Å². The van der Waals surface area contributed by atoms with Gasteiger partial charge in [-0.15, -0.1) is 11.8 Å². The molecule has 1 aliphatic rings. The summed E-state index contributed by atoms with van der Waals surface area (Å²) in [5, 5.41) is 1.14. The van der Waals surface area contributed by atoms with E-state index in [0.29, 0.717) is 15.8 Å². The molecule has 0 radical (unpaired) electrons. The van der Waals surface area contributed by atoms with Crippen LogP contribution in [0.3, 0.4) is 0 Å². The minimum absolute atomic E-state index is 0.210. The summed E-state index contributed by atoms with van der Waals surface area (Å²) in [5.74, 6) is -1.40. The maximum Gasteiger partial charge on any atom is 0.364 e. The zero-order chi connectivity index (χ0) is 19.5. The number of rotatable bonds is 5. The van der Waals surface area contributed by atoms with Crippen molar-refractivity contribution in [3.8, 4) is 0 Å². The van der Waals surface area contributed by atoms with E-state index in [1.807, 2.05) is 30.3 Å². The first-order chi connectivity index (χ1) is 13.6. The summed E-state index contributed by atoms with van der Waals surface area (Å²) < 4.78 is 0. The molecule has 3 aromatic rings. The molecule has 1 aliphatic heterocycles. The lowest BCUT2D eigenvalue weighted by molar-refractivity contribution is -0.0584. The maximum atomic E-state index is 12.5. The number of hydroxylamine groups is 2. The van der Waals surface area contributed by atoms with Crippen molar-refractivity contribution in [1.29, 1.82) is 0 Å². The van der Waals surface area contributed by atoms with Gasteiger partial charge in [0, 0.05) is 11.9 Å². The third-order valence-electron chi connectivity index (χ3n) is 4.13. The third kappa shape index (κ3) is 3.52. The Hall–Kier alpha value is -3.45. The molecule has 2 heterocycles. The number of hydrogen-bond acceptors (Lipinski definition) is 6. The number of fused-ring (bicyclic) bond motifs is 1. The van der Waals surface area contributed by atoms with E-state index < -0.39 is 17.8 Å². The topological polar surface area (TPSA) is 76.6 Å². The maximum absolute atomic E-state index is 12.5. The molecule has 6 nitrogen and oxygen atoms in total. The second kappa shape index (κ2) is 7.66. The van der Waals surface area contributed by atoms with Crippen molar-refractivity contribution < 1.29 is 19.2 Å². The number of carbonyl (C=O) groups excluding carboxylic acids is 3. The molecule has 1 aromatic heterocycles. The van der Waals surface area contributed by atoms with Gasteiger partial charge in [0.1, 0.15) is 0 Å². The smallest absolute Gasteiger partial charge is 0.324 e. The predicted octanol–water partition coefficient (Wildman–Crippen LogP) is 3.74. The lowest BCUT2D eigenvalue weighted by Crippen LogP contribution is -2.32. The number of benzene rings is 2. The third-order valence-corrected chi connectivity index (χ3v) is 5.13. The Labute approximate surface area is 165 Å². The molecule has 0 N–H and O–H groups in total. The van der Waals surface area contributed by atoms with Gasteiger partial charge in [0.25, 0.3) is 11.8 Å². The van der Waals surface area contributed by atoms with Gasteiger partial charge in [0.15, 0.2) is 0 Å². The van der Waals surface area contributed by atoms with Crippen LogP contribution < -0.4 is 0 Å². The van der Waals surface area contributed by atoms with Gasteiger partial charge in [0.2, 0.25) is 0 Å². The summed E-state index contributed by atoms with van der Waals surface area (Å²) in [7, 11) is 0. The predicted molar refractivity (Wildman–Crippen MR) is 103 cm³/mol. The normalized spacial score (nSPS) is 12.8. The van der Waals surface area contributed by atoms with Crippen molar-refractivity contribution in [2.75, 3.05) is 0 Å². The minimum atomic E-state index is -0.793. The van der Waals surface area contributed by atoms with Gasteiger partial charge in [-0.25, -0.2) is 9.78 Å². The first kappa shape index (κ1) is 17.9. The Bertz CT molecular complexity index is 1030. The Kier molecular flexibility index (Phi) is 4.90. The van der Waals surface area contributed by atoms with Gasteiger partial charge in [-0.3, -0.25) is 9.59 Å². The number of hydrogen-bond donors (Lipinski definition) is 0. The monoisotopic (exact) mass is 390 g/mol. The number of thioether (sulfide) groups is 1. The highest BCUT2D eigenvalue weighted by Crippen LogP contribution is 2.25. The molecule has 2 amide bonds. The van der Waals surface area contributed by atoms with Gasteiger partial charge >= 0.3 is 5.97 Å². The fourth-order valence-corrected chi connectivity index (χ4v) is 3.59. The summed E-state index contributed by atoms with van der Waals surface area (Å²) in [6.07, 6.45) is 1.49. The Balaban J connectivity index is 1.46. The molecule has 0 aliphatic carbocycles. The average molecular weight is 390 g/mol. The quantitative estimate of drug-likeness (QED) is 0.488. The van der Waals surface area contributed by atoms with Gasteiger partial charge in [-0.1, -0.05) is 47.5 Å². The van der Waals surface area contributed by atoms with E-state index in [1.54, 1.807) is 18.2 Å². The standard InChI is InChI=1S/C21H14N2O4S/c24-19-16-8-4-5-9-17(16)20(25)23(19)27-21(26)15-10-11-22-18(12-15)28-13-14-6-2-1-3-7-14/h1-12H,13H2. The molecule has 0 saturated heterocycles. The minimum Gasteiger partial charge on any atom is -0.324 e. The lowest BCUT2D eigenvalue weighted by Gasteiger charge is -2.12. The second-order valence-electron chi connectivity index (χ2n) is 5.99. The zero-order valence-electron chi connectivity index (χ0n) is 14.6. The van der Waals surface area contributed by atoms with E-state index in [1.165, 1.54) is 36.2 Å². The number of aromatic nitrogens is 1. The van der Waals surface area contributed by atoms with Gasteiger partial charge in [-0.05, 0) is 29.8 Å². The van der Waals surface area contributed by atoms with Gasteiger partial charge < -0.3 is 4.84 Å². The van der Waals surface area contributed by atoms with Crippen LogP contribution in [0, 0.1) is 0 Å². The second-order valence-corrected chi connectivity index (χ2v) is 6.98. The molecular weight excluding hydrogens is 376 g/mol. The Morgan fingerprint density at radius 3 is 2.25 bits per heavy atom. The molecule has 4 rings (SSSR count). The van der Waals surface area contributed by atoms with Crippen LogP contribution in [0.15, 0.2) is 78.0 Å². The van der Waals surface area contributed by atoms with Crippen molar-refractivity contribution >= 4 is 29.5 Å². The number of imide groups is 1. The fourth-order valence-electron chi connectivity index (χ4n) is 2.73.